The highest BCUT2D eigenvalue weighted by molar-refractivity contribution is 6.03. The third-order valence-electron chi connectivity index (χ3n) is 12.6. The Labute approximate surface area is 371 Å². The van der Waals surface area contributed by atoms with Crippen molar-refractivity contribution >= 4 is 17.7 Å². The van der Waals surface area contributed by atoms with Crippen molar-refractivity contribution in [3.05, 3.63) is 11.4 Å². The van der Waals surface area contributed by atoms with Gasteiger partial charge in [-0.2, -0.15) is 0 Å². The number of likely N-dealkylation sites (N-methyl/N-ethyl adjacent to an activating group) is 1. The van der Waals surface area contributed by atoms with Crippen LogP contribution in [0.4, 0.5) is 0 Å². The lowest BCUT2D eigenvalue weighted by atomic mass is 9.99. The summed E-state index contributed by atoms with van der Waals surface area (Å²) in [5, 5.41) is 6.51. The van der Waals surface area contributed by atoms with Crippen LogP contribution in [0.5, 0.6) is 0 Å². The molecule has 1 unspecified atom stereocenters. The summed E-state index contributed by atoms with van der Waals surface area (Å²) in [4.78, 5) is 39.8. The summed E-state index contributed by atoms with van der Waals surface area (Å²) in [5.74, 6) is 0.201. The zero-order chi connectivity index (χ0) is 43.7. The minimum absolute atomic E-state index is 0.0114. The van der Waals surface area contributed by atoms with Crippen molar-refractivity contribution in [3.63, 3.8) is 0 Å². The quantitative estimate of drug-likeness (QED) is 0.0462. The number of ether oxygens (including phenoxy) is 2. The fourth-order valence-corrected chi connectivity index (χ4v) is 8.54. The van der Waals surface area contributed by atoms with Gasteiger partial charge in [0.05, 0.1) is 12.1 Å². The number of nitrogens with zero attached hydrogens (tertiary/aromatic N) is 1. The van der Waals surface area contributed by atoms with Crippen LogP contribution in [-0.2, 0) is 23.9 Å². The van der Waals surface area contributed by atoms with E-state index in [-0.39, 0.29) is 29.9 Å². The number of esters is 2. The maximum Gasteiger partial charge on any atom is 0.306 e. The van der Waals surface area contributed by atoms with Crippen LogP contribution in [0.2, 0.25) is 0 Å². The van der Waals surface area contributed by atoms with Crippen molar-refractivity contribution in [3.8, 4) is 0 Å². The van der Waals surface area contributed by atoms with Crippen LogP contribution >= 0.6 is 0 Å². The Bertz CT molecular complexity index is 1050. The first-order valence-corrected chi connectivity index (χ1v) is 26.2. The molecule has 2 N–H and O–H groups in total. The summed E-state index contributed by atoms with van der Waals surface area (Å²) >= 11 is 0. The van der Waals surface area contributed by atoms with E-state index in [1.165, 1.54) is 135 Å². The Morgan fingerprint density at radius 1 is 0.517 bits per heavy atom. The van der Waals surface area contributed by atoms with Gasteiger partial charge in [0.2, 0.25) is 0 Å². The molecule has 0 amide bonds. The molecule has 1 atom stereocenters. The molecule has 8 nitrogen and oxygen atoms in total. The molecule has 1 aliphatic rings. The zero-order valence-corrected chi connectivity index (χ0v) is 40.4. The fraction of sp³-hybridized carbons (Fsp3) is 0.904. The maximum absolute atomic E-state index is 12.9. The number of rotatable bonds is 46. The van der Waals surface area contributed by atoms with Crippen LogP contribution in [0, 0.1) is 0 Å². The predicted octanol–water partition coefficient (Wildman–Crippen LogP) is 13.8. The number of nitrogens with one attached hydrogen (secondary N) is 2. The number of unbranched alkanes of at least 4 members (excludes halogenated alkanes) is 23. The van der Waals surface area contributed by atoms with Gasteiger partial charge < -0.3 is 25.0 Å². The predicted molar refractivity (Wildman–Crippen MR) is 254 cm³/mol. The molecule has 0 aromatic heterocycles. The van der Waals surface area contributed by atoms with Gasteiger partial charge >= 0.3 is 11.9 Å². The minimum atomic E-state index is -0.0114. The Morgan fingerprint density at radius 3 is 1.33 bits per heavy atom. The molecule has 0 bridgehead atoms. The van der Waals surface area contributed by atoms with Crippen LogP contribution in [0.15, 0.2) is 11.4 Å². The van der Waals surface area contributed by atoms with E-state index < -0.39 is 0 Å². The average Bonchev–Trinajstić information content (AvgIpc) is 3.23. The van der Waals surface area contributed by atoms with Crippen molar-refractivity contribution in [2.45, 2.75) is 271 Å². The topological polar surface area (TPSA) is 97.0 Å². The fourth-order valence-electron chi connectivity index (χ4n) is 8.54. The first kappa shape index (κ1) is 55.9. The molecule has 0 aromatic rings. The van der Waals surface area contributed by atoms with E-state index in [2.05, 4.69) is 43.2 Å². The van der Waals surface area contributed by atoms with Crippen molar-refractivity contribution in [2.24, 2.45) is 0 Å². The number of carbonyl (C=O) groups is 3. The first-order chi connectivity index (χ1) is 29.4. The van der Waals surface area contributed by atoms with Crippen molar-refractivity contribution in [1.82, 2.24) is 15.5 Å². The molecule has 0 fully saturated rings. The van der Waals surface area contributed by atoms with Crippen molar-refractivity contribution in [1.29, 1.82) is 0 Å². The summed E-state index contributed by atoms with van der Waals surface area (Å²) in [5.41, 5.74) is 1.80. The van der Waals surface area contributed by atoms with E-state index in [4.69, 9.17) is 9.47 Å². The van der Waals surface area contributed by atoms with Crippen LogP contribution < -0.4 is 10.6 Å². The second-order valence-electron chi connectivity index (χ2n) is 18.2. The molecule has 352 valence electrons. The Morgan fingerprint density at radius 2 is 0.900 bits per heavy atom. The highest BCUT2D eigenvalue weighted by Gasteiger charge is 2.25. The summed E-state index contributed by atoms with van der Waals surface area (Å²) in [7, 11) is 1.82. The molecule has 0 radical (unpaired) electrons. The smallest absolute Gasteiger partial charge is 0.306 e. The van der Waals surface area contributed by atoms with Gasteiger partial charge in [-0.25, -0.2) is 0 Å². The summed E-state index contributed by atoms with van der Waals surface area (Å²) < 4.78 is 11.9. The van der Waals surface area contributed by atoms with Gasteiger partial charge in [0.25, 0.3) is 0 Å². The zero-order valence-electron chi connectivity index (χ0n) is 40.4. The number of hydrogen-bond acceptors (Lipinski definition) is 8. The Kier molecular flexibility index (Phi) is 38.2. The van der Waals surface area contributed by atoms with Gasteiger partial charge in [0, 0.05) is 32.1 Å². The van der Waals surface area contributed by atoms with Gasteiger partial charge in [0.1, 0.15) is 12.2 Å². The maximum atomic E-state index is 12.9. The Hall–Kier alpha value is -2.09. The standard InChI is InChI=1S/C52H99N3O5/c1-6-10-13-16-21-28-36-46(9-4)59-50(57)39-31-24-19-26-33-42-55(44-35-41-54-48-45-49(56)52(48)53-5)43-34-27-20-25-32-40-51(58)60-47(37-29-22-17-14-11-7-2)38-30-23-18-15-12-8-3/h46-47,53-54H,6-45H2,1-5H3. The second-order valence-corrected chi connectivity index (χ2v) is 18.2. The summed E-state index contributed by atoms with van der Waals surface area (Å²) in [6.45, 7) is 13.1. The minimum Gasteiger partial charge on any atom is -0.462 e. The molecule has 0 heterocycles. The molecule has 0 aromatic carbocycles. The molecule has 60 heavy (non-hydrogen) atoms. The van der Waals surface area contributed by atoms with Crippen LogP contribution in [-0.4, -0.2) is 68.1 Å². The molecule has 1 aliphatic carbocycles. The highest BCUT2D eigenvalue weighted by atomic mass is 16.5. The SMILES string of the molecule is CCCCCCCCC(CC)OC(=O)CCCCCCCN(CCCCCCCC(=O)OC(CCCCCCCC)CCCCCCCC)CCCNC1=C(NC)C(=O)C1. The molecule has 1 rings (SSSR count). The number of Topliss-reactive ketones (excluding diaryl/α,β-unsaturated/α-hetero) is 1. The lowest BCUT2D eigenvalue weighted by Gasteiger charge is -2.25. The molecule has 0 saturated carbocycles. The van der Waals surface area contributed by atoms with Crippen LogP contribution in [0.25, 0.3) is 0 Å². The van der Waals surface area contributed by atoms with E-state index in [1.54, 1.807) is 0 Å². The van der Waals surface area contributed by atoms with Gasteiger partial charge in [-0.15, -0.1) is 0 Å². The molecule has 8 heteroatoms. The third-order valence-corrected chi connectivity index (χ3v) is 12.6. The highest BCUT2D eigenvalue weighted by Crippen LogP contribution is 2.20. The van der Waals surface area contributed by atoms with Crippen molar-refractivity contribution in [2.75, 3.05) is 33.2 Å². The number of hydrogen-bond donors (Lipinski definition) is 2. The molecule has 0 spiro atoms. The van der Waals surface area contributed by atoms with Gasteiger partial charge in [-0.1, -0.05) is 163 Å². The monoisotopic (exact) mass is 846 g/mol. The first-order valence-electron chi connectivity index (χ1n) is 26.2. The summed E-state index contributed by atoms with van der Waals surface area (Å²) in [6.07, 6.45) is 40.9. The normalized spacial score (nSPS) is 13.3. The average molecular weight is 846 g/mol. The molecular weight excluding hydrogens is 747 g/mol. The number of allylic oxidation sites excluding steroid dienone is 2. The van der Waals surface area contributed by atoms with E-state index in [9.17, 15) is 14.4 Å². The van der Waals surface area contributed by atoms with Crippen LogP contribution in [0.1, 0.15) is 259 Å². The van der Waals surface area contributed by atoms with Gasteiger partial charge in [-0.05, 0) is 96.7 Å². The number of ketones is 1. The van der Waals surface area contributed by atoms with Gasteiger partial charge in [-0.3, -0.25) is 14.4 Å². The van der Waals surface area contributed by atoms with Gasteiger partial charge in [0.15, 0.2) is 5.78 Å². The van der Waals surface area contributed by atoms with E-state index in [0.29, 0.717) is 19.3 Å². The molecular formula is C52H99N3O5. The number of carbonyl (C=O) groups excluding carboxylic acids is 3. The third kappa shape index (κ3) is 31.7. The van der Waals surface area contributed by atoms with E-state index in [1.807, 2.05) is 7.05 Å². The second kappa shape index (κ2) is 41.0. The largest absolute Gasteiger partial charge is 0.462 e. The summed E-state index contributed by atoms with van der Waals surface area (Å²) in [6, 6.07) is 0. The Balaban J connectivity index is 2.37. The lowest BCUT2D eigenvalue weighted by Crippen LogP contribution is -2.36. The molecule has 0 aliphatic heterocycles. The van der Waals surface area contributed by atoms with Crippen LogP contribution in [0.3, 0.4) is 0 Å². The lowest BCUT2D eigenvalue weighted by molar-refractivity contribution is -0.150. The van der Waals surface area contributed by atoms with E-state index >= 15 is 0 Å². The van der Waals surface area contributed by atoms with Crippen molar-refractivity contribution < 1.29 is 23.9 Å². The van der Waals surface area contributed by atoms with E-state index in [0.717, 1.165) is 115 Å². The molecule has 0 saturated heterocycles.